The second-order valence-corrected chi connectivity index (χ2v) is 8.67. The van der Waals surface area contributed by atoms with E-state index in [0.29, 0.717) is 38.8 Å². The number of amides is 2. The van der Waals surface area contributed by atoms with E-state index in [-0.39, 0.29) is 11.8 Å². The lowest BCUT2D eigenvalue weighted by Gasteiger charge is -2.27. The Morgan fingerprint density at radius 2 is 0.900 bits per heavy atom. The van der Waals surface area contributed by atoms with Crippen molar-refractivity contribution in [3.63, 3.8) is 0 Å². The van der Waals surface area contributed by atoms with Crippen molar-refractivity contribution < 1.29 is 29.4 Å². The SMILES string of the molecule is O=C(O)[C@H]1CCCC[C@@H]1C(=O)NCCCCCCNC(=O)[C@H]1CCCC[C@H]1C(=O)O. The van der Waals surface area contributed by atoms with Crippen LogP contribution in [0.15, 0.2) is 0 Å². The molecule has 2 amide bonds. The third-order valence-electron chi connectivity index (χ3n) is 6.54. The van der Waals surface area contributed by atoms with Gasteiger partial charge in [0.2, 0.25) is 11.8 Å². The normalized spacial score (nSPS) is 26.5. The van der Waals surface area contributed by atoms with Gasteiger partial charge in [0, 0.05) is 13.1 Å². The van der Waals surface area contributed by atoms with Crippen molar-refractivity contribution in [3.8, 4) is 0 Å². The van der Waals surface area contributed by atoms with Crippen LogP contribution in [0.5, 0.6) is 0 Å². The van der Waals surface area contributed by atoms with Crippen molar-refractivity contribution in [2.75, 3.05) is 13.1 Å². The molecule has 170 valence electrons. The number of carboxylic acid groups (broad SMARTS) is 2. The molecule has 30 heavy (non-hydrogen) atoms. The Hall–Kier alpha value is -2.12. The van der Waals surface area contributed by atoms with Crippen LogP contribution in [0.2, 0.25) is 0 Å². The first-order valence-electron chi connectivity index (χ1n) is 11.4. The predicted octanol–water partition coefficient (Wildman–Crippen LogP) is 2.56. The first kappa shape index (κ1) is 24.2. The van der Waals surface area contributed by atoms with Crippen LogP contribution in [-0.4, -0.2) is 47.1 Å². The number of unbranched alkanes of at least 4 members (excludes halogenated alkanes) is 3. The average Bonchev–Trinajstić information content (AvgIpc) is 2.75. The van der Waals surface area contributed by atoms with Crippen molar-refractivity contribution in [3.05, 3.63) is 0 Å². The maximum atomic E-state index is 12.3. The van der Waals surface area contributed by atoms with E-state index in [9.17, 15) is 29.4 Å². The van der Waals surface area contributed by atoms with Gasteiger partial charge in [0.05, 0.1) is 23.7 Å². The van der Waals surface area contributed by atoms with Crippen LogP contribution >= 0.6 is 0 Å². The number of nitrogens with one attached hydrogen (secondary N) is 2. The largest absolute Gasteiger partial charge is 0.481 e. The minimum atomic E-state index is -0.875. The molecule has 2 aliphatic carbocycles. The lowest BCUT2D eigenvalue weighted by atomic mass is 9.78. The highest BCUT2D eigenvalue weighted by molar-refractivity contribution is 5.85. The number of rotatable bonds is 11. The number of carbonyl (C=O) groups is 4. The summed E-state index contributed by atoms with van der Waals surface area (Å²) in [5, 5.41) is 24.3. The molecular formula is C22H36N2O6. The third kappa shape index (κ3) is 7.29. The Bertz CT molecular complexity index is 556. The van der Waals surface area contributed by atoms with E-state index in [0.717, 1.165) is 51.4 Å². The zero-order valence-electron chi connectivity index (χ0n) is 17.7. The second-order valence-electron chi connectivity index (χ2n) is 8.67. The van der Waals surface area contributed by atoms with Gasteiger partial charge in [-0.1, -0.05) is 38.5 Å². The van der Waals surface area contributed by atoms with Crippen molar-refractivity contribution in [1.29, 1.82) is 0 Å². The molecule has 4 N–H and O–H groups in total. The summed E-state index contributed by atoms with van der Waals surface area (Å²) in [4.78, 5) is 47.2. The molecular weight excluding hydrogens is 388 g/mol. The van der Waals surface area contributed by atoms with Gasteiger partial charge in [-0.3, -0.25) is 19.2 Å². The maximum Gasteiger partial charge on any atom is 0.307 e. The molecule has 0 aliphatic heterocycles. The molecule has 0 bridgehead atoms. The first-order valence-corrected chi connectivity index (χ1v) is 11.4. The van der Waals surface area contributed by atoms with E-state index in [1.807, 2.05) is 0 Å². The van der Waals surface area contributed by atoms with E-state index in [1.165, 1.54) is 0 Å². The van der Waals surface area contributed by atoms with Crippen LogP contribution in [0.25, 0.3) is 0 Å². The van der Waals surface area contributed by atoms with E-state index < -0.39 is 35.6 Å². The van der Waals surface area contributed by atoms with E-state index in [2.05, 4.69) is 10.6 Å². The summed E-state index contributed by atoms with van der Waals surface area (Å²) in [5.41, 5.74) is 0. The minimum absolute atomic E-state index is 0.144. The second kappa shape index (κ2) is 12.5. The fraction of sp³-hybridized carbons (Fsp3) is 0.818. The zero-order chi connectivity index (χ0) is 21.9. The monoisotopic (exact) mass is 424 g/mol. The quantitative estimate of drug-likeness (QED) is 0.377. The summed E-state index contributed by atoms with van der Waals surface area (Å²) < 4.78 is 0. The lowest BCUT2D eigenvalue weighted by Crippen LogP contribution is -2.40. The summed E-state index contributed by atoms with van der Waals surface area (Å²) in [5.74, 6) is -3.99. The molecule has 0 radical (unpaired) electrons. The van der Waals surface area contributed by atoms with Gasteiger partial charge in [-0.2, -0.15) is 0 Å². The highest BCUT2D eigenvalue weighted by atomic mass is 16.4. The summed E-state index contributed by atoms with van der Waals surface area (Å²) >= 11 is 0. The van der Waals surface area contributed by atoms with Gasteiger partial charge < -0.3 is 20.8 Å². The number of carbonyl (C=O) groups excluding carboxylic acids is 2. The molecule has 8 heteroatoms. The highest BCUT2D eigenvalue weighted by Crippen LogP contribution is 2.31. The number of hydrogen-bond donors (Lipinski definition) is 4. The van der Waals surface area contributed by atoms with E-state index in [4.69, 9.17) is 0 Å². The molecule has 0 saturated heterocycles. The Labute approximate surface area is 178 Å². The number of aliphatic carboxylic acids is 2. The summed E-state index contributed by atoms with van der Waals surface area (Å²) in [6.45, 7) is 1.08. The van der Waals surface area contributed by atoms with Gasteiger partial charge >= 0.3 is 11.9 Å². The van der Waals surface area contributed by atoms with Gasteiger partial charge in [-0.05, 0) is 38.5 Å². The third-order valence-corrected chi connectivity index (χ3v) is 6.54. The van der Waals surface area contributed by atoms with Gasteiger partial charge in [-0.25, -0.2) is 0 Å². The maximum absolute atomic E-state index is 12.3. The molecule has 0 aromatic rings. The van der Waals surface area contributed by atoms with Gasteiger partial charge in [-0.15, -0.1) is 0 Å². The first-order chi connectivity index (χ1) is 14.4. The van der Waals surface area contributed by atoms with Gasteiger partial charge in [0.25, 0.3) is 0 Å². The van der Waals surface area contributed by atoms with E-state index in [1.54, 1.807) is 0 Å². The molecule has 0 spiro atoms. The zero-order valence-corrected chi connectivity index (χ0v) is 17.7. The van der Waals surface area contributed by atoms with Crippen LogP contribution in [0, 0.1) is 23.7 Å². The Morgan fingerprint density at radius 3 is 1.23 bits per heavy atom. The lowest BCUT2D eigenvalue weighted by molar-refractivity contribution is -0.149. The summed E-state index contributed by atoms with van der Waals surface area (Å²) in [6.07, 6.45) is 9.43. The Kier molecular flexibility index (Phi) is 10.1. The van der Waals surface area contributed by atoms with Crippen molar-refractivity contribution in [2.24, 2.45) is 23.7 Å². The van der Waals surface area contributed by atoms with Gasteiger partial charge in [0.1, 0.15) is 0 Å². The number of carboxylic acids is 2. The molecule has 8 nitrogen and oxygen atoms in total. The van der Waals surface area contributed by atoms with Crippen LogP contribution in [0.3, 0.4) is 0 Å². The van der Waals surface area contributed by atoms with E-state index >= 15 is 0 Å². The highest BCUT2D eigenvalue weighted by Gasteiger charge is 2.36. The average molecular weight is 425 g/mol. The van der Waals surface area contributed by atoms with Crippen LogP contribution in [0.4, 0.5) is 0 Å². The van der Waals surface area contributed by atoms with Crippen LogP contribution in [-0.2, 0) is 19.2 Å². The fourth-order valence-corrected chi connectivity index (χ4v) is 4.77. The minimum Gasteiger partial charge on any atom is -0.481 e. The Morgan fingerprint density at radius 1 is 0.567 bits per heavy atom. The fourth-order valence-electron chi connectivity index (χ4n) is 4.77. The molecule has 0 unspecified atom stereocenters. The molecule has 0 aromatic carbocycles. The topological polar surface area (TPSA) is 133 Å². The van der Waals surface area contributed by atoms with Crippen LogP contribution < -0.4 is 10.6 Å². The summed E-state index contributed by atoms with van der Waals surface area (Å²) in [6, 6.07) is 0. The van der Waals surface area contributed by atoms with Crippen molar-refractivity contribution in [2.45, 2.75) is 77.0 Å². The molecule has 4 atom stereocenters. The van der Waals surface area contributed by atoms with Crippen LogP contribution in [0.1, 0.15) is 77.0 Å². The summed E-state index contributed by atoms with van der Waals surface area (Å²) in [7, 11) is 0. The molecule has 0 heterocycles. The molecule has 2 fully saturated rings. The molecule has 0 aromatic heterocycles. The van der Waals surface area contributed by atoms with Crippen molar-refractivity contribution in [1.82, 2.24) is 10.6 Å². The molecule has 2 rings (SSSR count). The Balaban J connectivity index is 1.54. The smallest absolute Gasteiger partial charge is 0.307 e. The predicted molar refractivity (Wildman–Crippen MR) is 111 cm³/mol. The number of hydrogen-bond acceptors (Lipinski definition) is 4. The molecule has 2 aliphatic rings. The van der Waals surface area contributed by atoms with Gasteiger partial charge in [0.15, 0.2) is 0 Å². The standard InChI is InChI=1S/C22H36N2O6/c25-19(15-9-3-5-11-17(15)21(27)28)23-13-7-1-2-8-14-24-20(26)16-10-4-6-12-18(16)22(29)30/h15-18H,1-14H2,(H,23,25)(H,24,26)(H,27,28)(H,29,30)/t15-,16-,17-,18+/m0/s1. The molecule has 2 saturated carbocycles. The van der Waals surface area contributed by atoms with Crippen molar-refractivity contribution >= 4 is 23.8 Å².